The van der Waals surface area contributed by atoms with Crippen LogP contribution in [0, 0.1) is 10.8 Å². The fourth-order valence-electron chi connectivity index (χ4n) is 2.41. The molecule has 0 fully saturated rings. The summed E-state index contributed by atoms with van der Waals surface area (Å²) < 4.78 is 11.2. The molecular weight excluding hydrogens is 288 g/mol. The van der Waals surface area contributed by atoms with Crippen LogP contribution in [0.2, 0.25) is 0 Å². The molecule has 0 saturated carbocycles. The van der Waals surface area contributed by atoms with Gasteiger partial charge in [0.25, 0.3) is 0 Å². The summed E-state index contributed by atoms with van der Waals surface area (Å²) >= 11 is 0. The van der Waals surface area contributed by atoms with E-state index < -0.39 is 0 Å². The molecule has 1 rings (SSSR count). The van der Waals surface area contributed by atoms with Crippen molar-refractivity contribution in [1.29, 1.82) is 0 Å². The molecule has 0 atom stereocenters. The fraction of sp³-hybridized carbons (Fsp3) is 0.650. The highest BCUT2D eigenvalue weighted by Gasteiger charge is 2.15. The SMILES string of the molecule is CC(=O)Oc1ccc(CC(C)(C)C)cc1OCCCC(C)(C)C. The summed E-state index contributed by atoms with van der Waals surface area (Å²) in [4.78, 5) is 11.3. The Bertz CT molecular complexity index is 519. The lowest BCUT2D eigenvalue weighted by atomic mass is 9.88. The van der Waals surface area contributed by atoms with Gasteiger partial charge in [-0.2, -0.15) is 0 Å². The first-order valence-corrected chi connectivity index (χ1v) is 8.40. The van der Waals surface area contributed by atoms with Crippen LogP contribution in [0.15, 0.2) is 18.2 Å². The zero-order valence-electron chi connectivity index (χ0n) is 15.8. The smallest absolute Gasteiger partial charge is 0.308 e. The van der Waals surface area contributed by atoms with E-state index in [9.17, 15) is 4.79 Å². The van der Waals surface area contributed by atoms with E-state index in [1.165, 1.54) is 12.5 Å². The Morgan fingerprint density at radius 1 is 1.00 bits per heavy atom. The molecule has 0 saturated heterocycles. The van der Waals surface area contributed by atoms with Crippen molar-refractivity contribution >= 4 is 5.97 Å². The number of rotatable bonds is 6. The Hall–Kier alpha value is -1.51. The lowest BCUT2D eigenvalue weighted by molar-refractivity contribution is -0.132. The third kappa shape index (κ3) is 8.63. The molecule has 0 unspecified atom stereocenters. The van der Waals surface area contributed by atoms with Crippen molar-refractivity contribution in [3.05, 3.63) is 23.8 Å². The maximum Gasteiger partial charge on any atom is 0.308 e. The van der Waals surface area contributed by atoms with Gasteiger partial charge in [0.2, 0.25) is 0 Å². The van der Waals surface area contributed by atoms with E-state index in [2.05, 4.69) is 41.5 Å². The van der Waals surface area contributed by atoms with Gasteiger partial charge in [-0.1, -0.05) is 47.6 Å². The summed E-state index contributed by atoms with van der Waals surface area (Å²) in [7, 11) is 0. The highest BCUT2D eigenvalue weighted by atomic mass is 16.6. The average Bonchev–Trinajstić information content (AvgIpc) is 2.34. The van der Waals surface area contributed by atoms with Gasteiger partial charge in [-0.25, -0.2) is 0 Å². The average molecular weight is 320 g/mol. The van der Waals surface area contributed by atoms with E-state index in [1.54, 1.807) is 0 Å². The maximum absolute atomic E-state index is 11.3. The number of hydrogen-bond acceptors (Lipinski definition) is 3. The van der Waals surface area contributed by atoms with E-state index in [4.69, 9.17) is 9.47 Å². The molecule has 0 spiro atoms. The van der Waals surface area contributed by atoms with Gasteiger partial charge in [-0.3, -0.25) is 4.79 Å². The molecule has 0 amide bonds. The summed E-state index contributed by atoms with van der Waals surface area (Å²) in [6, 6.07) is 5.84. The molecule has 130 valence electrons. The summed E-state index contributed by atoms with van der Waals surface area (Å²) in [5, 5.41) is 0. The quantitative estimate of drug-likeness (QED) is 0.399. The van der Waals surface area contributed by atoms with Crippen LogP contribution in [0.3, 0.4) is 0 Å². The highest BCUT2D eigenvalue weighted by molar-refractivity contribution is 5.70. The van der Waals surface area contributed by atoms with E-state index in [0.29, 0.717) is 23.5 Å². The molecule has 3 heteroatoms. The van der Waals surface area contributed by atoms with Gasteiger partial charge < -0.3 is 9.47 Å². The van der Waals surface area contributed by atoms with Crippen LogP contribution >= 0.6 is 0 Å². The van der Waals surface area contributed by atoms with Gasteiger partial charge in [-0.15, -0.1) is 0 Å². The molecule has 0 aliphatic rings. The van der Waals surface area contributed by atoms with Gasteiger partial charge >= 0.3 is 5.97 Å². The predicted molar refractivity (Wildman–Crippen MR) is 95.1 cm³/mol. The predicted octanol–water partition coefficient (Wildman–Crippen LogP) is 5.41. The third-order valence-corrected chi connectivity index (χ3v) is 3.32. The molecule has 3 nitrogen and oxygen atoms in total. The Morgan fingerprint density at radius 2 is 1.65 bits per heavy atom. The van der Waals surface area contributed by atoms with Gasteiger partial charge in [0.1, 0.15) is 0 Å². The number of benzene rings is 1. The van der Waals surface area contributed by atoms with E-state index in [1.807, 2.05) is 18.2 Å². The molecule has 0 aromatic heterocycles. The zero-order chi connectivity index (χ0) is 17.7. The van der Waals surface area contributed by atoms with Crippen molar-refractivity contribution in [2.24, 2.45) is 10.8 Å². The number of esters is 1. The standard InChI is InChI=1S/C20H32O3/c1-15(21)23-17-10-9-16(14-20(5,6)7)13-18(17)22-12-8-11-19(2,3)4/h9-10,13H,8,11-12,14H2,1-7H3. The minimum atomic E-state index is -0.326. The van der Waals surface area contributed by atoms with Crippen LogP contribution in [0.1, 0.15) is 66.9 Å². The summed E-state index contributed by atoms with van der Waals surface area (Å²) in [6.45, 7) is 15.3. The first-order valence-electron chi connectivity index (χ1n) is 8.40. The lowest BCUT2D eigenvalue weighted by Gasteiger charge is -2.20. The monoisotopic (exact) mass is 320 g/mol. The first-order chi connectivity index (χ1) is 10.5. The second-order valence-electron chi connectivity index (χ2n) is 8.62. The van der Waals surface area contributed by atoms with Crippen LogP contribution in [0.4, 0.5) is 0 Å². The molecular formula is C20H32O3. The van der Waals surface area contributed by atoms with Gasteiger partial charge in [0.15, 0.2) is 11.5 Å². The van der Waals surface area contributed by atoms with E-state index >= 15 is 0 Å². The summed E-state index contributed by atoms with van der Waals surface area (Å²) in [6.07, 6.45) is 3.02. The Kier molecular flexibility index (Phi) is 6.67. The Morgan fingerprint density at radius 3 is 2.17 bits per heavy atom. The topological polar surface area (TPSA) is 35.5 Å². The Balaban J connectivity index is 2.81. The minimum Gasteiger partial charge on any atom is -0.490 e. The third-order valence-electron chi connectivity index (χ3n) is 3.32. The molecule has 23 heavy (non-hydrogen) atoms. The van der Waals surface area contributed by atoms with Crippen molar-refractivity contribution in [2.75, 3.05) is 6.61 Å². The molecule has 0 N–H and O–H groups in total. The number of hydrogen-bond donors (Lipinski definition) is 0. The van der Waals surface area contributed by atoms with Crippen LogP contribution in [-0.4, -0.2) is 12.6 Å². The molecule has 0 aliphatic heterocycles. The normalized spacial score (nSPS) is 12.1. The molecule has 0 heterocycles. The molecule has 0 bridgehead atoms. The second kappa shape index (κ2) is 7.85. The first kappa shape index (κ1) is 19.5. The molecule has 1 aromatic carbocycles. The highest BCUT2D eigenvalue weighted by Crippen LogP contribution is 2.32. The number of carbonyl (C=O) groups is 1. The van der Waals surface area contributed by atoms with Crippen LogP contribution in [0.5, 0.6) is 11.5 Å². The second-order valence-corrected chi connectivity index (χ2v) is 8.62. The van der Waals surface area contributed by atoms with Crippen LogP contribution < -0.4 is 9.47 Å². The van der Waals surface area contributed by atoms with E-state index in [-0.39, 0.29) is 11.4 Å². The van der Waals surface area contributed by atoms with Gasteiger partial charge in [-0.05, 0) is 47.8 Å². The van der Waals surface area contributed by atoms with Crippen LogP contribution in [-0.2, 0) is 11.2 Å². The summed E-state index contributed by atoms with van der Waals surface area (Å²) in [5.41, 5.74) is 1.70. The van der Waals surface area contributed by atoms with Crippen molar-refractivity contribution in [3.63, 3.8) is 0 Å². The fourth-order valence-corrected chi connectivity index (χ4v) is 2.41. The van der Waals surface area contributed by atoms with Crippen molar-refractivity contribution in [1.82, 2.24) is 0 Å². The van der Waals surface area contributed by atoms with Crippen molar-refractivity contribution < 1.29 is 14.3 Å². The van der Waals surface area contributed by atoms with E-state index in [0.717, 1.165) is 19.3 Å². The molecule has 0 radical (unpaired) electrons. The number of ether oxygens (including phenoxy) is 2. The van der Waals surface area contributed by atoms with Crippen molar-refractivity contribution in [3.8, 4) is 11.5 Å². The van der Waals surface area contributed by atoms with Crippen LogP contribution in [0.25, 0.3) is 0 Å². The van der Waals surface area contributed by atoms with Gasteiger partial charge in [0.05, 0.1) is 6.61 Å². The molecule has 0 aliphatic carbocycles. The lowest BCUT2D eigenvalue weighted by Crippen LogP contribution is -2.11. The molecule has 1 aromatic rings. The van der Waals surface area contributed by atoms with Crippen molar-refractivity contribution in [2.45, 2.75) is 67.7 Å². The Labute approximate surface area is 141 Å². The number of carbonyl (C=O) groups excluding carboxylic acids is 1. The maximum atomic E-state index is 11.3. The minimum absolute atomic E-state index is 0.201. The van der Waals surface area contributed by atoms with Gasteiger partial charge in [0, 0.05) is 6.92 Å². The summed E-state index contributed by atoms with van der Waals surface area (Å²) in [5.74, 6) is 0.842. The zero-order valence-corrected chi connectivity index (χ0v) is 15.8. The largest absolute Gasteiger partial charge is 0.490 e.